The van der Waals surface area contributed by atoms with Crippen LogP contribution in [-0.2, 0) is 4.79 Å². The topological polar surface area (TPSA) is 58.4 Å². The van der Waals surface area contributed by atoms with E-state index in [1.807, 2.05) is 32.0 Å². The smallest absolute Gasteiger partial charge is 0.238 e. The largest absolute Gasteiger partial charge is 0.330 e. The van der Waals surface area contributed by atoms with E-state index >= 15 is 0 Å². The highest BCUT2D eigenvalue weighted by Crippen LogP contribution is 2.21. The average Bonchev–Trinajstić information content (AvgIpc) is 2.45. The first-order valence-corrected chi connectivity index (χ1v) is 7.92. The highest BCUT2D eigenvalue weighted by molar-refractivity contribution is 5.93. The number of nitrogens with one attached hydrogen (secondary N) is 1. The van der Waals surface area contributed by atoms with Crippen LogP contribution < -0.4 is 11.1 Å². The quantitative estimate of drug-likeness (QED) is 0.875. The minimum Gasteiger partial charge on any atom is -0.330 e. The fourth-order valence-corrected chi connectivity index (χ4v) is 3.16. The monoisotopic (exact) mass is 289 g/mol. The zero-order valence-corrected chi connectivity index (χ0v) is 13.2. The van der Waals surface area contributed by atoms with Crippen LogP contribution in [0.4, 0.5) is 5.69 Å². The molecule has 2 rings (SSSR count). The fraction of sp³-hybridized carbons (Fsp3) is 0.588. The van der Waals surface area contributed by atoms with Gasteiger partial charge < -0.3 is 11.1 Å². The Morgan fingerprint density at radius 1 is 1.33 bits per heavy atom. The molecule has 1 fully saturated rings. The Kier molecular flexibility index (Phi) is 5.76. The number of carbonyl (C=O) groups excluding carboxylic acids is 1. The predicted molar refractivity (Wildman–Crippen MR) is 87.4 cm³/mol. The van der Waals surface area contributed by atoms with Crippen molar-refractivity contribution in [3.05, 3.63) is 29.3 Å². The van der Waals surface area contributed by atoms with Crippen LogP contribution >= 0.6 is 0 Å². The second kappa shape index (κ2) is 7.57. The highest BCUT2D eigenvalue weighted by Gasteiger charge is 2.23. The van der Waals surface area contributed by atoms with Crippen molar-refractivity contribution in [3.63, 3.8) is 0 Å². The Hall–Kier alpha value is -1.39. The molecule has 1 saturated heterocycles. The normalized spacial score (nSPS) is 19.5. The van der Waals surface area contributed by atoms with Gasteiger partial charge in [0.25, 0.3) is 0 Å². The molecule has 0 spiro atoms. The van der Waals surface area contributed by atoms with E-state index in [1.165, 1.54) is 12.8 Å². The molecule has 116 valence electrons. The third-order valence-electron chi connectivity index (χ3n) is 4.34. The van der Waals surface area contributed by atoms with Gasteiger partial charge in [0.2, 0.25) is 5.91 Å². The molecule has 1 heterocycles. The highest BCUT2D eigenvalue weighted by atomic mass is 16.2. The lowest BCUT2D eigenvalue weighted by Crippen LogP contribution is -2.44. The molecule has 1 aromatic carbocycles. The van der Waals surface area contributed by atoms with Crippen LogP contribution in [0.25, 0.3) is 0 Å². The van der Waals surface area contributed by atoms with Crippen LogP contribution in [0.3, 0.4) is 0 Å². The molecule has 4 heteroatoms. The van der Waals surface area contributed by atoms with E-state index in [0.717, 1.165) is 36.2 Å². The number of likely N-dealkylation sites (tertiary alicyclic amines) is 1. The lowest BCUT2D eigenvalue weighted by atomic mass is 9.99. The lowest BCUT2D eigenvalue weighted by molar-refractivity contribution is -0.118. The summed E-state index contributed by atoms with van der Waals surface area (Å²) in [6.07, 6.45) is 4.57. The molecule has 4 nitrogen and oxygen atoms in total. The maximum absolute atomic E-state index is 12.4. The van der Waals surface area contributed by atoms with E-state index in [9.17, 15) is 4.79 Å². The molecular weight excluding hydrogens is 262 g/mol. The standard InChI is InChI=1S/C17H27N3O/c1-13-6-5-7-14(2)17(13)19-16(21)12-20-11-4-3-8-15(20)9-10-18/h5-7,15H,3-4,8-12,18H2,1-2H3,(H,19,21). The van der Waals surface area contributed by atoms with Gasteiger partial charge in [-0.3, -0.25) is 9.69 Å². The number of piperidine rings is 1. The predicted octanol–water partition coefficient (Wildman–Crippen LogP) is 2.45. The lowest BCUT2D eigenvalue weighted by Gasteiger charge is -2.35. The number of nitrogens with zero attached hydrogens (tertiary/aromatic N) is 1. The van der Waals surface area contributed by atoms with Crippen molar-refractivity contribution in [2.24, 2.45) is 5.73 Å². The summed E-state index contributed by atoms with van der Waals surface area (Å²) >= 11 is 0. The summed E-state index contributed by atoms with van der Waals surface area (Å²) in [5.74, 6) is 0.0799. The third kappa shape index (κ3) is 4.29. The fourth-order valence-electron chi connectivity index (χ4n) is 3.16. The second-order valence-corrected chi connectivity index (χ2v) is 6.01. The van der Waals surface area contributed by atoms with E-state index in [4.69, 9.17) is 5.73 Å². The van der Waals surface area contributed by atoms with Gasteiger partial charge >= 0.3 is 0 Å². The maximum atomic E-state index is 12.4. The number of rotatable bonds is 5. The number of hydrogen-bond donors (Lipinski definition) is 2. The van der Waals surface area contributed by atoms with E-state index in [-0.39, 0.29) is 5.91 Å². The molecule has 1 aliphatic heterocycles. The zero-order valence-electron chi connectivity index (χ0n) is 13.2. The first-order valence-electron chi connectivity index (χ1n) is 7.92. The molecule has 1 aromatic rings. The van der Waals surface area contributed by atoms with Crippen molar-refractivity contribution in [1.29, 1.82) is 0 Å². The Morgan fingerprint density at radius 3 is 2.71 bits per heavy atom. The molecule has 21 heavy (non-hydrogen) atoms. The second-order valence-electron chi connectivity index (χ2n) is 6.01. The van der Waals surface area contributed by atoms with Gasteiger partial charge in [-0.1, -0.05) is 24.6 Å². The van der Waals surface area contributed by atoms with Crippen molar-refractivity contribution in [2.45, 2.75) is 45.6 Å². The van der Waals surface area contributed by atoms with Gasteiger partial charge in [-0.2, -0.15) is 0 Å². The molecular formula is C17H27N3O. The summed E-state index contributed by atoms with van der Waals surface area (Å²) in [7, 11) is 0. The van der Waals surface area contributed by atoms with Crippen molar-refractivity contribution in [1.82, 2.24) is 4.90 Å². The summed E-state index contributed by atoms with van der Waals surface area (Å²) < 4.78 is 0. The van der Waals surface area contributed by atoms with Crippen molar-refractivity contribution >= 4 is 11.6 Å². The van der Waals surface area contributed by atoms with Gasteiger partial charge in [-0.15, -0.1) is 0 Å². The number of aryl methyl sites for hydroxylation is 2. The summed E-state index contributed by atoms with van der Waals surface area (Å²) in [5, 5.41) is 3.08. The first kappa shape index (κ1) is 16.0. The maximum Gasteiger partial charge on any atom is 0.238 e. The van der Waals surface area contributed by atoms with E-state index in [1.54, 1.807) is 0 Å². The van der Waals surface area contributed by atoms with E-state index in [0.29, 0.717) is 19.1 Å². The van der Waals surface area contributed by atoms with Crippen molar-refractivity contribution in [2.75, 3.05) is 25.0 Å². The Balaban J connectivity index is 1.97. The van der Waals surface area contributed by atoms with Gasteiger partial charge in [0.05, 0.1) is 6.54 Å². The number of carbonyl (C=O) groups is 1. The molecule has 1 amide bonds. The molecule has 0 aliphatic carbocycles. The van der Waals surface area contributed by atoms with E-state index in [2.05, 4.69) is 10.2 Å². The number of benzene rings is 1. The van der Waals surface area contributed by atoms with Crippen LogP contribution in [-0.4, -0.2) is 36.5 Å². The number of amides is 1. The molecule has 0 saturated carbocycles. The van der Waals surface area contributed by atoms with Gasteiger partial charge in [0.1, 0.15) is 0 Å². The van der Waals surface area contributed by atoms with Crippen LogP contribution in [0.5, 0.6) is 0 Å². The molecule has 1 aliphatic rings. The minimum atomic E-state index is 0.0799. The van der Waals surface area contributed by atoms with Crippen molar-refractivity contribution < 1.29 is 4.79 Å². The molecule has 0 radical (unpaired) electrons. The van der Waals surface area contributed by atoms with Gasteiger partial charge in [-0.25, -0.2) is 0 Å². The van der Waals surface area contributed by atoms with Crippen molar-refractivity contribution in [3.8, 4) is 0 Å². The van der Waals surface area contributed by atoms with E-state index < -0.39 is 0 Å². The summed E-state index contributed by atoms with van der Waals surface area (Å²) in [5.41, 5.74) is 8.87. The molecule has 3 N–H and O–H groups in total. The minimum absolute atomic E-state index is 0.0799. The van der Waals surface area contributed by atoms with Gasteiger partial charge in [0.15, 0.2) is 0 Å². The Morgan fingerprint density at radius 2 is 2.05 bits per heavy atom. The number of anilines is 1. The molecule has 1 unspecified atom stereocenters. The number of hydrogen-bond acceptors (Lipinski definition) is 3. The SMILES string of the molecule is Cc1cccc(C)c1NC(=O)CN1CCCCC1CCN. The summed E-state index contributed by atoms with van der Waals surface area (Å²) in [6, 6.07) is 6.54. The molecule has 0 bridgehead atoms. The number of para-hydroxylation sites is 1. The Bertz CT molecular complexity index is 465. The Labute approximate surface area is 127 Å². The van der Waals surface area contributed by atoms with Crippen LogP contribution in [0.15, 0.2) is 18.2 Å². The van der Waals surface area contributed by atoms with Crippen LogP contribution in [0, 0.1) is 13.8 Å². The van der Waals surface area contributed by atoms with Gasteiger partial charge in [0, 0.05) is 11.7 Å². The van der Waals surface area contributed by atoms with Gasteiger partial charge in [-0.05, 0) is 57.3 Å². The third-order valence-corrected chi connectivity index (χ3v) is 4.34. The number of nitrogens with two attached hydrogens (primary N) is 1. The molecule has 1 atom stereocenters. The van der Waals surface area contributed by atoms with Crippen LogP contribution in [0.1, 0.15) is 36.8 Å². The average molecular weight is 289 g/mol. The summed E-state index contributed by atoms with van der Waals surface area (Å²) in [6.45, 7) is 6.23. The zero-order chi connectivity index (χ0) is 15.2. The first-order chi connectivity index (χ1) is 10.1. The summed E-state index contributed by atoms with van der Waals surface area (Å²) in [4.78, 5) is 14.6. The molecule has 0 aromatic heterocycles. The van der Waals surface area contributed by atoms with Crippen LogP contribution in [0.2, 0.25) is 0 Å².